The monoisotopic (exact) mass is 213 g/mol. The van der Waals surface area contributed by atoms with E-state index in [0.717, 1.165) is 0 Å². The lowest BCUT2D eigenvalue weighted by Gasteiger charge is -2.10. The van der Waals surface area contributed by atoms with E-state index in [1.54, 1.807) is 19.1 Å². The Balaban J connectivity index is 3.07. The average Bonchev–Trinajstić information content (AvgIpc) is 2.18. The summed E-state index contributed by atoms with van der Waals surface area (Å²) >= 11 is -2.42. The van der Waals surface area contributed by atoms with E-state index < -0.39 is 17.0 Å². The first-order chi connectivity index (χ1) is 6.66. The summed E-state index contributed by atoms with van der Waals surface area (Å²) in [5.41, 5.74) is 0.0719. The quantitative estimate of drug-likeness (QED) is 0.557. The highest BCUT2D eigenvalue weighted by atomic mass is 32.2. The van der Waals surface area contributed by atoms with Crippen molar-refractivity contribution in [2.24, 2.45) is 0 Å². The lowest BCUT2D eigenvalue weighted by atomic mass is 10.2. The third-order valence-corrected chi connectivity index (χ3v) is 2.28. The highest BCUT2D eigenvalue weighted by molar-refractivity contribution is 7.79. The maximum atomic E-state index is 11.3. The summed E-state index contributed by atoms with van der Waals surface area (Å²) < 4.78 is 26.2. The molecule has 0 saturated heterocycles. The van der Waals surface area contributed by atoms with Crippen LogP contribution >= 0.6 is 0 Å². The van der Waals surface area contributed by atoms with Gasteiger partial charge < -0.3 is 9.29 Å². The molecule has 0 heterocycles. The molecule has 1 aromatic rings. The summed E-state index contributed by atoms with van der Waals surface area (Å²) in [7, 11) is 0. The Morgan fingerprint density at radius 2 is 2.14 bits per heavy atom. The van der Waals surface area contributed by atoms with Crippen LogP contribution in [0.5, 0.6) is 0 Å². The van der Waals surface area contributed by atoms with Crippen LogP contribution in [-0.2, 0) is 15.8 Å². The Hall–Kier alpha value is -1.20. The van der Waals surface area contributed by atoms with Gasteiger partial charge in [0.15, 0.2) is 0 Å². The van der Waals surface area contributed by atoms with Crippen molar-refractivity contribution in [2.75, 3.05) is 6.61 Å². The second-order valence-corrected chi connectivity index (χ2v) is 3.36. The molecule has 14 heavy (non-hydrogen) atoms. The average molecular weight is 213 g/mol. The van der Waals surface area contributed by atoms with E-state index in [2.05, 4.69) is 0 Å². The van der Waals surface area contributed by atoms with Crippen LogP contribution in [0, 0.1) is 0 Å². The first-order valence-electron chi connectivity index (χ1n) is 4.02. The molecule has 0 radical (unpaired) electrons. The third kappa shape index (κ3) is 2.40. The molecule has 4 nitrogen and oxygen atoms in total. The predicted octanol–water partition coefficient (Wildman–Crippen LogP) is 1.10. The molecule has 0 bridgehead atoms. The van der Waals surface area contributed by atoms with E-state index in [9.17, 15) is 13.6 Å². The number of esters is 1. The van der Waals surface area contributed by atoms with Crippen molar-refractivity contribution in [2.45, 2.75) is 11.8 Å². The summed E-state index contributed by atoms with van der Waals surface area (Å²) in [5.74, 6) is -0.618. The molecule has 5 heteroatoms. The van der Waals surface area contributed by atoms with Crippen LogP contribution in [0.2, 0.25) is 0 Å². The molecule has 0 saturated carbocycles. The Kier molecular flexibility index (Phi) is 3.79. The van der Waals surface area contributed by atoms with Crippen molar-refractivity contribution in [3.8, 4) is 0 Å². The Morgan fingerprint density at radius 3 is 2.71 bits per heavy atom. The fraction of sp³-hybridized carbons (Fsp3) is 0.222. The van der Waals surface area contributed by atoms with Crippen LogP contribution in [0.3, 0.4) is 0 Å². The van der Waals surface area contributed by atoms with Gasteiger partial charge in [-0.15, -0.1) is 0 Å². The normalized spacial score (nSPS) is 12.1. The van der Waals surface area contributed by atoms with Gasteiger partial charge in [0.05, 0.1) is 12.2 Å². The molecular formula is C9H9O4S-. The lowest BCUT2D eigenvalue weighted by molar-refractivity contribution is 0.0522. The molecule has 0 aliphatic carbocycles. The van der Waals surface area contributed by atoms with Crippen LogP contribution in [0.25, 0.3) is 0 Å². The van der Waals surface area contributed by atoms with Gasteiger partial charge in [-0.25, -0.2) is 4.79 Å². The molecule has 0 amide bonds. The Labute approximate surface area is 84.2 Å². The van der Waals surface area contributed by atoms with E-state index in [4.69, 9.17) is 4.74 Å². The molecule has 0 fully saturated rings. The highest BCUT2D eigenvalue weighted by Gasteiger charge is 2.11. The van der Waals surface area contributed by atoms with Gasteiger partial charge in [0.25, 0.3) is 0 Å². The van der Waals surface area contributed by atoms with Gasteiger partial charge in [-0.3, -0.25) is 4.21 Å². The molecule has 1 atom stereocenters. The van der Waals surface area contributed by atoms with Gasteiger partial charge in [-0.2, -0.15) is 0 Å². The summed E-state index contributed by atoms with van der Waals surface area (Å²) in [6.07, 6.45) is 0. The minimum absolute atomic E-state index is 0.0362. The predicted molar refractivity (Wildman–Crippen MR) is 49.6 cm³/mol. The fourth-order valence-electron chi connectivity index (χ4n) is 0.989. The topological polar surface area (TPSA) is 66.4 Å². The molecule has 0 aliphatic heterocycles. The van der Waals surface area contributed by atoms with Crippen molar-refractivity contribution < 1.29 is 18.3 Å². The highest BCUT2D eigenvalue weighted by Crippen LogP contribution is 2.13. The first kappa shape index (κ1) is 10.9. The second kappa shape index (κ2) is 4.88. The van der Waals surface area contributed by atoms with E-state index in [-0.39, 0.29) is 17.1 Å². The number of ether oxygens (including phenoxy) is 1. The largest absolute Gasteiger partial charge is 0.768 e. The number of carbonyl (C=O) groups is 1. The van der Waals surface area contributed by atoms with Gasteiger partial charge in [-0.05, 0) is 30.1 Å². The van der Waals surface area contributed by atoms with E-state index in [1.165, 1.54) is 12.1 Å². The van der Waals surface area contributed by atoms with Gasteiger partial charge in [0, 0.05) is 4.90 Å². The third-order valence-electron chi connectivity index (χ3n) is 1.56. The second-order valence-electron chi connectivity index (χ2n) is 2.45. The van der Waals surface area contributed by atoms with Crippen LogP contribution in [0.15, 0.2) is 29.2 Å². The molecule has 76 valence electrons. The van der Waals surface area contributed by atoms with Gasteiger partial charge in [-0.1, -0.05) is 12.1 Å². The summed E-state index contributed by atoms with van der Waals surface area (Å²) in [6.45, 7) is 1.88. The van der Waals surface area contributed by atoms with Crippen LogP contribution in [0.1, 0.15) is 17.3 Å². The molecule has 1 rings (SSSR count). The van der Waals surface area contributed by atoms with E-state index in [0.29, 0.717) is 0 Å². The zero-order valence-electron chi connectivity index (χ0n) is 7.56. The minimum atomic E-state index is -2.42. The van der Waals surface area contributed by atoms with Gasteiger partial charge in [0.2, 0.25) is 0 Å². The SMILES string of the molecule is CCOC(=O)c1ccccc1S(=O)[O-]. The summed E-state index contributed by atoms with van der Waals surface area (Å²) in [4.78, 5) is 11.2. The maximum absolute atomic E-state index is 11.3. The van der Waals surface area contributed by atoms with Crippen LogP contribution < -0.4 is 0 Å². The zero-order valence-corrected chi connectivity index (χ0v) is 8.37. The van der Waals surface area contributed by atoms with Crippen molar-refractivity contribution in [1.82, 2.24) is 0 Å². The molecular weight excluding hydrogens is 204 g/mol. The molecule has 0 N–H and O–H groups in total. The molecule has 0 spiro atoms. The molecule has 1 aromatic carbocycles. The van der Waals surface area contributed by atoms with Gasteiger partial charge in [0.1, 0.15) is 0 Å². The maximum Gasteiger partial charge on any atom is 0.339 e. The Morgan fingerprint density at radius 1 is 1.50 bits per heavy atom. The molecule has 0 aliphatic rings. The minimum Gasteiger partial charge on any atom is -0.768 e. The van der Waals surface area contributed by atoms with Gasteiger partial charge >= 0.3 is 5.97 Å². The van der Waals surface area contributed by atoms with E-state index >= 15 is 0 Å². The zero-order chi connectivity index (χ0) is 10.6. The number of hydrogen-bond donors (Lipinski definition) is 0. The lowest BCUT2D eigenvalue weighted by Crippen LogP contribution is -2.08. The van der Waals surface area contributed by atoms with E-state index in [1.807, 2.05) is 0 Å². The fourth-order valence-corrected chi connectivity index (χ4v) is 1.51. The van der Waals surface area contributed by atoms with Crippen molar-refractivity contribution in [3.63, 3.8) is 0 Å². The van der Waals surface area contributed by atoms with Crippen molar-refractivity contribution in [1.29, 1.82) is 0 Å². The summed E-state index contributed by atoms with van der Waals surface area (Å²) in [6, 6.07) is 5.91. The number of rotatable bonds is 3. The van der Waals surface area contributed by atoms with Crippen molar-refractivity contribution >= 4 is 17.0 Å². The first-order valence-corrected chi connectivity index (χ1v) is 5.09. The number of hydrogen-bond acceptors (Lipinski definition) is 4. The smallest absolute Gasteiger partial charge is 0.339 e. The van der Waals surface area contributed by atoms with Crippen molar-refractivity contribution in [3.05, 3.63) is 29.8 Å². The summed E-state index contributed by atoms with van der Waals surface area (Å²) in [5, 5.41) is 0. The number of benzene rings is 1. The van der Waals surface area contributed by atoms with Crippen LogP contribution in [-0.4, -0.2) is 21.3 Å². The molecule has 0 aromatic heterocycles. The number of carbonyl (C=O) groups excluding carboxylic acids is 1. The molecule has 1 unspecified atom stereocenters. The van der Waals surface area contributed by atoms with Crippen LogP contribution in [0.4, 0.5) is 0 Å². The Bertz CT molecular complexity index is 362. The standard InChI is InChI=1S/C9H10O4S/c1-2-13-9(10)7-5-3-4-6-8(7)14(11)12/h3-6H,2H2,1H3,(H,11,12)/p-1.